The number of ether oxygens (including phenoxy) is 4. The number of aliphatic hydroxyl groups excluding tert-OH is 2. The highest BCUT2D eigenvalue weighted by atomic mass is 16.6. The molecule has 0 aliphatic rings. The first-order valence-corrected chi connectivity index (χ1v) is 36.6. The van der Waals surface area contributed by atoms with Crippen LogP contribution >= 0.6 is 0 Å². The van der Waals surface area contributed by atoms with E-state index in [0.29, 0.717) is 26.4 Å². The molecular weight excluding hydrogens is 1030 g/mol. The number of hydrogen-bond acceptors (Lipinski definition) is 6. The van der Waals surface area contributed by atoms with Crippen molar-refractivity contribution < 1.29 is 29.2 Å². The van der Waals surface area contributed by atoms with Crippen LogP contribution in [-0.4, -0.2) is 74.3 Å². The Morgan fingerprint density at radius 1 is 0.226 bits per heavy atom. The molecule has 2 N–H and O–H groups in total. The lowest BCUT2D eigenvalue weighted by molar-refractivity contribution is -0.163. The predicted octanol–water partition coefficient (Wildman–Crippen LogP) is 23.8. The van der Waals surface area contributed by atoms with Gasteiger partial charge in [0.15, 0.2) is 0 Å². The molecule has 6 heteroatoms. The van der Waals surface area contributed by atoms with E-state index in [0.717, 1.165) is 89.9 Å². The van der Waals surface area contributed by atoms with Crippen LogP contribution in [-0.2, 0) is 18.9 Å². The van der Waals surface area contributed by atoms with Crippen molar-refractivity contribution >= 4 is 0 Å². The number of aliphatic hydroxyl groups is 2. The number of hydrogen-bond donors (Lipinski definition) is 2. The van der Waals surface area contributed by atoms with Gasteiger partial charge in [-0.1, -0.05) is 279 Å². The van der Waals surface area contributed by atoms with Gasteiger partial charge in [-0.05, 0) is 154 Å². The lowest BCUT2D eigenvalue weighted by Gasteiger charge is -2.32. The smallest absolute Gasteiger partial charge is 0.111 e. The maximum absolute atomic E-state index is 11.9. The third kappa shape index (κ3) is 64.2. The first kappa shape index (κ1) is 81.7. The second-order valence-electron chi connectivity index (χ2n) is 24.3. The molecule has 0 bridgehead atoms. The Morgan fingerprint density at radius 2 is 0.417 bits per heavy atom. The third-order valence-electron chi connectivity index (χ3n) is 16.0. The van der Waals surface area contributed by atoms with Crippen LogP contribution in [0.1, 0.15) is 336 Å². The Bertz CT molecular complexity index is 1380. The van der Waals surface area contributed by atoms with Crippen molar-refractivity contribution in [3.05, 3.63) is 97.2 Å². The van der Waals surface area contributed by atoms with Crippen molar-refractivity contribution in [1.82, 2.24) is 0 Å². The van der Waals surface area contributed by atoms with Crippen molar-refractivity contribution in [3.8, 4) is 0 Å². The van der Waals surface area contributed by atoms with Gasteiger partial charge in [0.1, 0.15) is 24.4 Å². The molecule has 0 spiro atoms. The van der Waals surface area contributed by atoms with Crippen LogP contribution < -0.4 is 0 Å². The fourth-order valence-electron chi connectivity index (χ4n) is 10.4. The molecule has 6 nitrogen and oxygen atoms in total. The maximum atomic E-state index is 11.9. The Morgan fingerprint density at radius 3 is 0.643 bits per heavy atom. The SMILES string of the molecule is CCCCC/C=C\C/C=C\CCCCCCCCOC[C@@H](OCCCCCCCC/C=C\C/C=C\CCCCC)[C@@H](O)[C@H](O)[C@@H](COCCCCCCCC/C=C\C/C=C\CCCCC)OCCCCCCCC/C=C\C/C=C\CCCCC. The zero-order valence-corrected chi connectivity index (χ0v) is 56.3. The van der Waals surface area contributed by atoms with Gasteiger partial charge in [0.25, 0.3) is 0 Å². The quantitative estimate of drug-likeness (QED) is 0.0467. The summed E-state index contributed by atoms with van der Waals surface area (Å²) in [6.45, 7) is 11.9. The molecule has 0 aromatic rings. The molecule has 0 saturated heterocycles. The molecule has 0 unspecified atom stereocenters. The Labute approximate surface area is 523 Å². The van der Waals surface area contributed by atoms with Crippen molar-refractivity contribution in [2.75, 3.05) is 39.6 Å². The van der Waals surface area contributed by atoms with Gasteiger partial charge in [-0.15, -0.1) is 0 Å². The van der Waals surface area contributed by atoms with Gasteiger partial charge in [-0.25, -0.2) is 0 Å². The number of rotatable bonds is 69. The van der Waals surface area contributed by atoms with Gasteiger partial charge in [-0.3, -0.25) is 0 Å². The van der Waals surface area contributed by atoms with Crippen LogP contribution in [0.15, 0.2) is 97.2 Å². The molecule has 0 aliphatic heterocycles. The van der Waals surface area contributed by atoms with Crippen molar-refractivity contribution in [3.63, 3.8) is 0 Å². The summed E-state index contributed by atoms with van der Waals surface area (Å²) in [5, 5.41) is 23.8. The van der Waals surface area contributed by atoms with Crippen LogP contribution in [0.5, 0.6) is 0 Å². The molecule has 4 atom stereocenters. The minimum absolute atomic E-state index is 0.257. The normalized spacial score (nSPS) is 14.1. The highest BCUT2D eigenvalue weighted by Crippen LogP contribution is 2.18. The fourth-order valence-corrected chi connectivity index (χ4v) is 10.4. The van der Waals surface area contributed by atoms with E-state index in [1.165, 1.54) is 218 Å². The largest absolute Gasteiger partial charge is 0.388 e. The molecule has 0 aromatic carbocycles. The molecule has 0 radical (unpaired) electrons. The summed E-state index contributed by atoms with van der Waals surface area (Å²) < 4.78 is 25.4. The van der Waals surface area contributed by atoms with E-state index in [1.807, 2.05) is 0 Å². The van der Waals surface area contributed by atoms with Gasteiger partial charge in [0, 0.05) is 26.4 Å². The second kappa shape index (κ2) is 73.2. The molecule has 0 fully saturated rings. The molecule has 0 saturated carbocycles. The summed E-state index contributed by atoms with van der Waals surface area (Å²) in [5.41, 5.74) is 0. The van der Waals surface area contributed by atoms with Crippen LogP contribution in [0.25, 0.3) is 0 Å². The van der Waals surface area contributed by atoms with E-state index in [4.69, 9.17) is 18.9 Å². The monoisotopic (exact) mass is 1180 g/mol. The second-order valence-corrected chi connectivity index (χ2v) is 24.3. The Balaban J connectivity index is 5.25. The lowest BCUT2D eigenvalue weighted by Crippen LogP contribution is -2.50. The van der Waals surface area contributed by atoms with Crippen LogP contribution in [0.2, 0.25) is 0 Å². The molecule has 0 aromatic heterocycles. The summed E-state index contributed by atoms with van der Waals surface area (Å²) in [4.78, 5) is 0. The van der Waals surface area contributed by atoms with Crippen molar-refractivity contribution in [2.45, 2.75) is 360 Å². The van der Waals surface area contributed by atoms with Gasteiger partial charge in [0.05, 0.1) is 13.2 Å². The molecule has 490 valence electrons. The molecule has 84 heavy (non-hydrogen) atoms. The van der Waals surface area contributed by atoms with E-state index in [-0.39, 0.29) is 13.2 Å². The van der Waals surface area contributed by atoms with Gasteiger partial charge < -0.3 is 29.2 Å². The van der Waals surface area contributed by atoms with Gasteiger partial charge in [0.2, 0.25) is 0 Å². The average molecular weight is 1180 g/mol. The summed E-state index contributed by atoms with van der Waals surface area (Å²) in [6.07, 6.45) is 91.3. The molecule has 0 heterocycles. The zero-order chi connectivity index (χ0) is 60.6. The topological polar surface area (TPSA) is 77.4 Å². The third-order valence-corrected chi connectivity index (χ3v) is 16.0. The van der Waals surface area contributed by atoms with Crippen molar-refractivity contribution in [2.24, 2.45) is 0 Å². The molecule has 0 rings (SSSR count). The minimum atomic E-state index is -1.14. The summed E-state index contributed by atoms with van der Waals surface area (Å²) in [6, 6.07) is 0. The first-order chi connectivity index (χ1) is 41.6. The fraction of sp³-hybridized carbons (Fsp3) is 0.795. The standard InChI is InChI=1S/C78H142O6/c1-5-9-13-17-21-25-29-33-37-41-45-49-53-57-61-65-69-81-73-75(83-71-67-63-59-55-51-47-43-39-35-31-27-23-19-15-11-7-3)77(79)78(80)76(84-72-68-64-60-56-52-48-44-40-36-32-28-24-20-16-12-8-4)74-82-70-66-62-58-54-50-46-42-38-34-30-26-22-18-14-10-6-2/h21-28,33-40,75-80H,5-20,29-32,41-74H2,1-4H3/b25-21-,26-22-,27-23-,28-24-,37-33-,38-34-,39-35-,40-36-/t75-,76-,77-,78-/m1/s1. The Kier molecular flexibility index (Phi) is 71.1. The lowest BCUT2D eigenvalue weighted by atomic mass is 10.0. The van der Waals surface area contributed by atoms with E-state index in [1.54, 1.807) is 0 Å². The zero-order valence-electron chi connectivity index (χ0n) is 56.3. The Hall–Kier alpha value is -2.32. The average Bonchev–Trinajstić information content (AvgIpc) is 3.55. The van der Waals surface area contributed by atoms with Gasteiger partial charge >= 0.3 is 0 Å². The first-order valence-electron chi connectivity index (χ1n) is 36.6. The summed E-state index contributed by atoms with van der Waals surface area (Å²) >= 11 is 0. The summed E-state index contributed by atoms with van der Waals surface area (Å²) in [7, 11) is 0. The van der Waals surface area contributed by atoms with Crippen LogP contribution in [0.3, 0.4) is 0 Å². The minimum Gasteiger partial charge on any atom is -0.388 e. The maximum Gasteiger partial charge on any atom is 0.111 e. The van der Waals surface area contributed by atoms with E-state index in [9.17, 15) is 10.2 Å². The van der Waals surface area contributed by atoms with E-state index < -0.39 is 24.4 Å². The number of allylic oxidation sites excluding steroid dienone is 16. The van der Waals surface area contributed by atoms with Crippen molar-refractivity contribution in [1.29, 1.82) is 0 Å². The van der Waals surface area contributed by atoms with Gasteiger partial charge in [-0.2, -0.15) is 0 Å². The highest BCUT2D eigenvalue weighted by Gasteiger charge is 2.34. The molecule has 0 aliphatic carbocycles. The van der Waals surface area contributed by atoms with E-state index >= 15 is 0 Å². The summed E-state index contributed by atoms with van der Waals surface area (Å²) in [5.74, 6) is 0. The number of unbranched alkanes of at least 4 members (excludes halogenated alkanes) is 36. The molecule has 0 amide bonds. The van der Waals surface area contributed by atoms with Crippen LogP contribution in [0.4, 0.5) is 0 Å². The molecular formula is C78H142O6. The van der Waals surface area contributed by atoms with Crippen LogP contribution in [0, 0.1) is 0 Å². The van der Waals surface area contributed by atoms with E-state index in [2.05, 4.69) is 125 Å². The predicted molar refractivity (Wildman–Crippen MR) is 371 cm³/mol. The highest BCUT2D eigenvalue weighted by molar-refractivity contribution is 4.95.